The van der Waals surface area contributed by atoms with E-state index in [4.69, 9.17) is 14.1 Å². The molecule has 5 heteroatoms. The predicted molar refractivity (Wildman–Crippen MR) is 93.7 cm³/mol. The molecule has 1 atom stereocenters. The average Bonchev–Trinajstić information content (AvgIpc) is 3.21. The van der Waals surface area contributed by atoms with Crippen LogP contribution >= 0.6 is 0 Å². The van der Waals surface area contributed by atoms with Crippen molar-refractivity contribution in [2.75, 3.05) is 32.8 Å². The number of hydrogen-bond donors (Lipinski definition) is 2. The van der Waals surface area contributed by atoms with Crippen LogP contribution < -0.4 is 10.6 Å². The minimum absolute atomic E-state index is 0.564. The molecule has 1 unspecified atom stereocenters. The molecule has 23 heavy (non-hydrogen) atoms. The summed E-state index contributed by atoms with van der Waals surface area (Å²) in [7, 11) is 0. The van der Waals surface area contributed by atoms with E-state index in [1.54, 1.807) is 6.26 Å². The Morgan fingerprint density at radius 1 is 1.35 bits per heavy atom. The molecule has 0 aromatic carbocycles. The maximum Gasteiger partial charge on any atom is 0.191 e. The lowest BCUT2D eigenvalue weighted by atomic mass is 10.1. The Balaban J connectivity index is 1.73. The summed E-state index contributed by atoms with van der Waals surface area (Å²) < 4.78 is 10.8. The second kappa shape index (κ2) is 10.3. The van der Waals surface area contributed by atoms with Crippen molar-refractivity contribution in [3.05, 3.63) is 24.2 Å². The van der Waals surface area contributed by atoms with Crippen molar-refractivity contribution in [3.63, 3.8) is 0 Å². The maximum atomic E-state index is 5.42. The summed E-state index contributed by atoms with van der Waals surface area (Å²) in [4.78, 5) is 4.73. The molecular formula is C18H31N3O2. The number of hydrogen-bond acceptors (Lipinski definition) is 3. The number of furan rings is 1. The molecule has 1 aliphatic heterocycles. The lowest BCUT2D eigenvalue weighted by Gasteiger charge is -2.14. The van der Waals surface area contributed by atoms with Gasteiger partial charge in [-0.3, -0.25) is 4.99 Å². The molecule has 1 saturated heterocycles. The number of aliphatic imine (C=N–C) groups is 1. The number of nitrogens with one attached hydrogen (secondary N) is 2. The Labute approximate surface area is 139 Å². The summed E-state index contributed by atoms with van der Waals surface area (Å²) in [5.74, 6) is 3.22. The van der Waals surface area contributed by atoms with Crippen LogP contribution in [0.4, 0.5) is 0 Å². The van der Waals surface area contributed by atoms with Crippen LogP contribution in [0.5, 0.6) is 0 Å². The van der Waals surface area contributed by atoms with Crippen LogP contribution in [0, 0.1) is 11.8 Å². The fraction of sp³-hybridized carbons (Fsp3) is 0.722. The standard InChI is InChI=1S/C18H31N3O2/c1-15(2)5-3-9-19-18(21-13-16-8-12-22-14-16)20-10-7-17-6-4-11-23-17/h4,6,11,15-16H,3,5,7-10,12-14H2,1-2H3,(H2,19,20,21). The topological polar surface area (TPSA) is 58.8 Å². The molecule has 2 rings (SSSR count). The first-order valence-corrected chi connectivity index (χ1v) is 8.86. The molecule has 5 nitrogen and oxygen atoms in total. The summed E-state index contributed by atoms with van der Waals surface area (Å²) in [5.41, 5.74) is 0. The highest BCUT2D eigenvalue weighted by Gasteiger charge is 2.15. The van der Waals surface area contributed by atoms with Gasteiger partial charge in [0.15, 0.2) is 5.96 Å². The van der Waals surface area contributed by atoms with Gasteiger partial charge in [-0.15, -0.1) is 0 Å². The molecule has 1 aliphatic rings. The summed E-state index contributed by atoms with van der Waals surface area (Å²) in [6, 6.07) is 3.93. The Kier molecular flexibility index (Phi) is 8.01. The van der Waals surface area contributed by atoms with Crippen LogP contribution in [-0.4, -0.2) is 38.8 Å². The van der Waals surface area contributed by atoms with Gasteiger partial charge in [0.25, 0.3) is 0 Å². The van der Waals surface area contributed by atoms with E-state index >= 15 is 0 Å². The van der Waals surface area contributed by atoms with Crippen molar-refractivity contribution in [1.82, 2.24) is 10.6 Å². The van der Waals surface area contributed by atoms with Crippen LogP contribution in [0.1, 0.15) is 38.9 Å². The van der Waals surface area contributed by atoms with Crippen molar-refractivity contribution >= 4 is 5.96 Å². The third-order valence-corrected chi connectivity index (χ3v) is 4.03. The van der Waals surface area contributed by atoms with Gasteiger partial charge in [-0.25, -0.2) is 0 Å². The van der Waals surface area contributed by atoms with Gasteiger partial charge in [-0.2, -0.15) is 0 Å². The van der Waals surface area contributed by atoms with E-state index in [1.165, 1.54) is 12.8 Å². The Morgan fingerprint density at radius 3 is 2.91 bits per heavy atom. The minimum Gasteiger partial charge on any atom is -0.469 e. The molecule has 0 spiro atoms. The molecule has 0 aliphatic carbocycles. The fourth-order valence-corrected chi connectivity index (χ4v) is 2.60. The van der Waals surface area contributed by atoms with Gasteiger partial charge >= 0.3 is 0 Å². The monoisotopic (exact) mass is 321 g/mol. The molecule has 1 aromatic rings. The van der Waals surface area contributed by atoms with E-state index < -0.39 is 0 Å². The van der Waals surface area contributed by atoms with Crippen molar-refractivity contribution in [2.45, 2.75) is 39.5 Å². The van der Waals surface area contributed by atoms with E-state index in [0.29, 0.717) is 5.92 Å². The lowest BCUT2D eigenvalue weighted by Crippen LogP contribution is -2.39. The van der Waals surface area contributed by atoms with Crippen LogP contribution in [0.3, 0.4) is 0 Å². The highest BCUT2D eigenvalue weighted by Crippen LogP contribution is 2.12. The zero-order valence-corrected chi connectivity index (χ0v) is 14.5. The van der Waals surface area contributed by atoms with Gasteiger partial charge in [0.1, 0.15) is 5.76 Å². The second-order valence-corrected chi connectivity index (χ2v) is 6.64. The Morgan fingerprint density at radius 2 is 2.22 bits per heavy atom. The lowest BCUT2D eigenvalue weighted by molar-refractivity contribution is 0.187. The van der Waals surface area contributed by atoms with Gasteiger partial charge in [0.2, 0.25) is 0 Å². The van der Waals surface area contributed by atoms with Crippen molar-refractivity contribution in [2.24, 2.45) is 16.8 Å². The highest BCUT2D eigenvalue weighted by molar-refractivity contribution is 5.79. The zero-order valence-electron chi connectivity index (χ0n) is 14.5. The molecule has 2 heterocycles. The summed E-state index contributed by atoms with van der Waals surface area (Å²) >= 11 is 0. The smallest absolute Gasteiger partial charge is 0.191 e. The molecule has 1 aromatic heterocycles. The van der Waals surface area contributed by atoms with Crippen LogP contribution in [-0.2, 0) is 11.2 Å². The zero-order chi connectivity index (χ0) is 16.3. The predicted octanol–water partition coefficient (Wildman–Crippen LogP) is 2.83. The Hall–Kier alpha value is -1.49. The fourth-order valence-electron chi connectivity index (χ4n) is 2.60. The van der Waals surface area contributed by atoms with Crippen molar-refractivity contribution in [1.29, 1.82) is 0 Å². The second-order valence-electron chi connectivity index (χ2n) is 6.64. The average molecular weight is 321 g/mol. The number of ether oxygens (including phenoxy) is 1. The molecule has 130 valence electrons. The molecule has 0 radical (unpaired) electrons. The molecule has 0 amide bonds. The highest BCUT2D eigenvalue weighted by atomic mass is 16.5. The summed E-state index contributed by atoms with van der Waals surface area (Å²) in [6.45, 7) is 8.87. The van der Waals surface area contributed by atoms with E-state index in [2.05, 4.69) is 24.5 Å². The van der Waals surface area contributed by atoms with Crippen molar-refractivity contribution < 1.29 is 9.15 Å². The minimum atomic E-state index is 0.564. The SMILES string of the molecule is CC(C)CCCNC(=NCC1CCOC1)NCCc1ccco1. The van der Waals surface area contributed by atoms with Gasteiger partial charge in [-0.05, 0) is 37.3 Å². The Bertz CT molecular complexity index is 437. The molecule has 1 fully saturated rings. The first-order valence-electron chi connectivity index (χ1n) is 8.86. The largest absolute Gasteiger partial charge is 0.469 e. The van der Waals surface area contributed by atoms with Crippen LogP contribution in [0.15, 0.2) is 27.8 Å². The van der Waals surface area contributed by atoms with E-state index in [9.17, 15) is 0 Å². The maximum absolute atomic E-state index is 5.42. The number of rotatable bonds is 9. The van der Waals surface area contributed by atoms with Crippen molar-refractivity contribution in [3.8, 4) is 0 Å². The van der Waals surface area contributed by atoms with Crippen LogP contribution in [0.2, 0.25) is 0 Å². The first kappa shape index (κ1) is 17.9. The number of nitrogens with zero attached hydrogens (tertiary/aromatic N) is 1. The van der Waals surface area contributed by atoms with Gasteiger partial charge in [0, 0.05) is 38.6 Å². The quantitative estimate of drug-likeness (QED) is 0.417. The van der Waals surface area contributed by atoms with Crippen LogP contribution in [0.25, 0.3) is 0 Å². The van der Waals surface area contributed by atoms with E-state index in [-0.39, 0.29) is 0 Å². The van der Waals surface area contributed by atoms with Gasteiger partial charge in [0.05, 0.1) is 12.9 Å². The van der Waals surface area contributed by atoms with E-state index in [0.717, 1.165) is 63.3 Å². The number of guanidine groups is 1. The molecule has 0 bridgehead atoms. The summed E-state index contributed by atoms with van der Waals surface area (Å²) in [5, 5.41) is 6.85. The first-order chi connectivity index (χ1) is 11.2. The molecule has 0 saturated carbocycles. The summed E-state index contributed by atoms with van der Waals surface area (Å²) in [6.07, 6.45) is 6.11. The molecule has 2 N–H and O–H groups in total. The third-order valence-electron chi connectivity index (χ3n) is 4.03. The van der Waals surface area contributed by atoms with E-state index in [1.807, 2.05) is 12.1 Å². The normalized spacial score (nSPS) is 18.6. The third kappa shape index (κ3) is 7.55. The molecular weight excluding hydrogens is 290 g/mol. The van der Waals surface area contributed by atoms with Gasteiger partial charge in [-0.1, -0.05) is 13.8 Å². The van der Waals surface area contributed by atoms with Gasteiger partial charge < -0.3 is 19.8 Å².